The van der Waals surface area contributed by atoms with E-state index in [-0.39, 0.29) is 18.9 Å². The molecule has 9 nitrogen and oxygen atoms in total. The molecular formula is C13H18N2O7S. The van der Waals surface area contributed by atoms with E-state index in [0.717, 1.165) is 0 Å². The van der Waals surface area contributed by atoms with Gasteiger partial charge in [-0.25, -0.2) is 0 Å². The average Bonchev–Trinajstić information content (AvgIpc) is 2.49. The van der Waals surface area contributed by atoms with E-state index < -0.39 is 40.3 Å². The summed E-state index contributed by atoms with van der Waals surface area (Å²) in [7, 11) is 1.31. The van der Waals surface area contributed by atoms with Crippen molar-refractivity contribution in [2.75, 3.05) is 26.0 Å². The van der Waals surface area contributed by atoms with Crippen LogP contribution in [0.5, 0.6) is 0 Å². The van der Waals surface area contributed by atoms with Crippen LogP contribution in [0.25, 0.3) is 0 Å². The Morgan fingerprint density at radius 1 is 1.43 bits per heavy atom. The topological polar surface area (TPSA) is 122 Å². The Morgan fingerprint density at radius 2 is 2.09 bits per heavy atom. The average molecular weight is 346 g/mol. The van der Waals surface area contributed by atoms with Crippen LogP contribution >= 0.6 is 11.8 Å². The lowest BCUT2D eigenvalue weighted by Gasteiger charge is -2.58. The third-order valence-electron chi connectivity index (χ3n) is 3.89. The van der Waals surface area contributed by atoms with Crippen LogP contribution in [0.15, 0.2) is 0 Å². The van der Waals surface area contributed by atoms with E-state index in [0.29, 0.717) is 0 Å². The summed E-state index contributed by atoms with van der Waals surface area (Å²) < 4.78 is 10.1. The molecule has 23 heavy (non-hydrogen) atoms. The first-order chi connectivity index (χ1) is 10.7. The number of ether oxygens (including phenoxy) is 2. The van der Waals surface area contributed by atoms with Gasteiger partial charge in [-0.2, -0.15) is 0 Å². The number of carboxylic acid groups (broad SMARTS) is 1. The van der Waals surface area contributed by atoms with Crippen molar-refractivity contribution in [3.63, 3.8) is 0 Å². The SMILES string of the molecule is COC1(NC(C)=O)C(=O)N2CC(COC(C)=O)(C(=O)O)CS[C@@H]21. The Balaban J connectivity index is 2.19. The zero-order valence-corrected chi connectivity index (χ0v) is 13.8. The first-order valence-corrected chi connectivity index (χ1v) is 7.87. The molecule has 0 spiro atoms. The van der Waals surface area contributed by atoms with Gasteiger partial charge in [0.15, 0.2) is 0 Å². The van der Waals surface area contributed by atoms with E-state index in [1.807, 2.05) is 0 Å². The number of nitrogens with zero attached hydrogens (tertiary/aromatic N) is 1. The van der Waals surface area contributed by atoms with Crippen LogP contribution < -0.4 is 5.32 Å². The van der Waals surface area contributed by atoms with Gasteiger partial charge < -0.3 is 24.8 Å². The van der Waals surface area contributed by atoms with Crippen molar-refractivity contribution in [1.29, 1.82) is 0 Å². The van der Waals surface area contributed by atoms with Gasteiger partial charge in [-0.15, -0.1) is 11.8 Å². The highest BCUT2D eigenvalue weighted by atomic mass is 32.2. The van der Waals surface area contributed by atoms with Crippen molar-refractivity contribution >= 4 is 35.5 Å². The van der Waals surface area contributed by atoms with Gasteiger partial charge in [-0.3, -0.25) is 19.2 Å². The fraction of sp³-hybridized carbons (Fsp3) is 0.692. The maximum absolute atomic E-state index is 12.4. The molecule has 2 fully saturated rings. The number of methoxy groups -OCH3 is 1. The number of carbonyl (C=O) groups excluding carboxylic acids is 3. The molecule has 3 atom stereocenters. The number of β-lactam (4-membered cyclic amide) rings is 1. The predicted octanol–water partition coefficient (Wildman–Crippen LogP) is -0.986. The second-order valence-corrected chi connectivity index (χ2v) is 6.65. The minimum absolute atomic E-state index is 0.114. The smallest absolute Gasteiger partial charge is 0.315 e. The summed E-state index contributed by atoms with van der Waals surface area (Å²) in [6.07, 6.45) is 0. The quantitative estimate of drug-likeness (QED) is 0.370. The molecule has 2 rings (SSSR count). The number of nitrogens with one attached hydrogen (secondary N) is 1. The number of rotatable bonds is 5. The van der Waals surface area contributed by atoms with Crippen molar-refractivity contribution in [1.82, 2.24) is 10.2 Å². The number of carboxylic acids is 1. The van der Waals surface area contributed by atoms with Crippen LogP contribution in [0.2, 0.25) is 0 Å². The number of amides is 2. The summed E-state index contributed by atoms with van der Waals surface area (Å²) in [6.45, 7) is 2.03. The summed E-state index contributed by atoms with van der Waals surface area (Å²) in [5.74, 6) is -2.55. The highest BCUT2D eigenvalue weighted by Crippen LogP contribution is 2.47. The van der Waals surface area contributed by atoms with E-state index in [4.69, 9.17) is 9.47 Å². The zero-order chi connectivity index (χ0) is 17.4. The standard InChI is InChI=1S/C13H18N2O7S/c1-7(16)14-13(21-3)9(18)15-4-12(11(19)20,5-22-8(2)17)6-23-10(13)15/h10H,4-6H2,1-3H3,(H,14,16)(H,19,20)/t10-,12?,13?/m1/s1. The Hall–Kier alpha value is -1.81. The summed E-state index contributed by atoms with van der Waals surface area (Å²) in [4.78, 5) is 47.7. The number of hydrogen-bond donors (Lipinski definition) is 2. The van der Waals surface area contributed by atoms with Gasteiger partial charge >= 0.3 is 11.9 Å². The molecule has 0 radical (unpaired) electrons. The van der Waals surface area contributed by atoms with E-state index in [2.05, 4.69) is 5.32 Å². The zero-order valence-electron chi connectivity index (χ0n) is 13.0. The van der Waals surface area contributed by atoms with Gasteiger partial charge in [-0.1, -0.05) is 0 Å². The number of thioether (sulfide) groups is 1. The number of hydrogen-bond acceptors (Lipinski definition) is 7. The maximum atomic E-state index is 12.4. The lowest BCUT2D eigenvalue weighted by molar-refractivity contribution is -0.202. The lowest BCUT2D eigenvalue weighted by Crippen LogP contribution is -2.82. The molecule has 0 aliphatic carbocycles. The van der Waals surface area contributed by atoms with Gasteiger partial charge in [0, 0.05) is 33.3 Å². The minimum Gasteiger partial charge on any atom is -0.481 e. The summed E-state index contributed by atoms with van der Waals surface area (Å²) in [5, 5.41) is 11.5. The van der Waals surface area contributed by atoms with Gasteiger partial charge in [-0.05, 0) is 0 Å². The Morgan fingerprint density at radius 3 is 2.57 bits per heavy atom. The van der Waals surface area contributed by atoms with Crippen LogP contribution in [-0.4, -0.2) is 70.9 Å². The van der Waals surface area contributed by atoms with Crippen molar-refractivity contribution in [2.45, 2.75) is 24.9 Å². The van der Waals surface area contributed by atoms with Gasteiger partial charge in [0.25, 0.3) is 11.6 Å². The van der Waals surface area contributed by atoms with Gasteiger partial charge in [0.05, 0.1) is 0 Å². The summed E-state index contributed by atoms with van der Waals surface area (Å²) in [6, 6.07) is 0. The van der Waals surface area contributed by atoms with Crippen LogP contribution in [0.3, 0.4) is 0 Å². The minimum atomic E-state index is -1.47. The van der Waals surface area contributed by atoms with Crippen molar-refractivity contribution in [3.05, 3.63) is 0 Å². The molecular weight excluding hydrogens is 328 g/mol. The first-order valence-electron chi connectivity index (χ1n) is 6.82. The fourth-order valence-corrected chi connectivity index (χ4v) is 4.30. The van der Waals surface area contributed by atoms with Crippen molar-refractivity contribution in [3.8, 4) is 0 Å². The van der Waals surface area contributed by atoms with Gasteiger partial charge in [0.1, 0.15) is 17.4 Å². The molecule has 2 aliphatic heterocycles. The molecule has 2 saturated heterocycles. The molecule has 2 heterocycles. The van der Waals surface area contributed by atoms with E-state index in [1.165, 1.54) is 37.6 Å². The molecule has 2 aliphatic rings. The molecule has 2 unspecified atom stereocenters. The second kappa shape index (κ2) is 6.00. The molecule has 0 aromatic carbocycles. The van der Waals surface area contributed by atoms with Crippen LogP contribution in [0.1, 0.15) is 13.8 Å². The monoisotopic (exact) mass is 346 g/mol. The molecule has 0 bridgehead atoms. The molecule has 0 aromatic heterocycles. The third kappa shape index (κ3) is 2.76. The summed E-state index contributed by atoms with van der Waals surface area (Å²) in [5.41, 5.74) is -2.85. The highest BCUT2D eigenvalue weighted by molar-refractivity contribution is 8.00. The largest absolute Gasteiger partial charge is 0.481 e. The lowest BCUT2D eigenvalue weighted by atomic mass is 9.87. The highest BCUT2D eigenvalue weighted by Gasteiger charge is 2.67. The number of aliphatic carboxylic acids is 1. The second-order valence-electron chi connectivity index (χ2n) is 5.58. The Bertz CT molecular complexity index is 569. The Kier molecular flexibility index (Phi) is 4.58. The van der Waals surface area contributed by atoms with Gasteiger partial charge in [0.2, 0.25) is 5.91 Å². The first kappa shape index (κ1) is 17.5. The molecule has 128 valence electrons. The number of esters is 1. The fourth-order valence-electron chi connectivity index (χ4n) is 2.69. The number of carbonyl (C=O) groups is 4. The van der Waals surface area contributed by atoms with Crippen LogP contribution in [-0.2, 0) is 28.7 Å². The summed E-state index contributed by atoms with van der Waals surface area (Å²) >= 11 is 1.17. The van der Waals surface area contributed by atoms with Crippen molar-refractivity contribution < 1.29 is 33.8 Å². The molecule has 10 heteroatoms. The Labute approximate surface area is 136 Å². The van der Waals surface area contributed by atoms with E-state index in [9.17, 15) is 24.3 Å². The molecule has 2 amide bonds. The van der Waals surface area contributed by atoms with Crippen molar-refractivity contribution in [2.24, 2.45) is 5.41 Å². The van der Waals surface area contributed by atoms with Crippen LogP contribution in [0.4, 0.5) is 0 Å². The maximum Gasteiger partial charge on any atom is 0.315 e. The van der Waals surface area contributed by atoms with E-state index >= 15 is 0 Å². The molecule has 2 N–H and O–H groups in total. The molecule has 0 aromatic rings. The predicted molar refractivity (Wildman–Crippen MR) is 78.2 cm³/mol. The van der Waals surface area contributed by atoms with E-state index in [1.54, 1.807) is 0 Å². The molecule has 0 saturated carbocycles. The normalized spacial score (nSPS) is 32.6. The number of fused-ring (bicyclic) bond motifs is 1. The third-order valence-corrected chi connectivity index (χ3v) is 5.51. The van der Waals surface area contributed by atoms with Crippen LogP contribution in [0, 0.1) is 5.41 Å².